The van der Waals surface area contributed by atoms with Gasteiger partial charge in [-0.25, -0.2) is 8.78 Å². The van der Waals surface area contributed by atoms with Crippen molar-refractivity contribution >= 4 is 27.6 Å². The van der Waals surface area contributed by atoms with Crippen LogP contribution in [0.15, 0.2) is 12.1 Å². The third-order valence-electron chi connectivity index (χ3n) is 10.1. The van der Waals surface area contributed by atoms with E-state index in [9.17, 15) is 8.78 Å². The second-order valence-corrected chi connectivity index (χ2v) is 13.5. The topological polar surface area (TPSA) is 101 Å². The summed E-state index contributed by atoms with van der Waals surface area (Å²) < 4.78 is 77.5. The summed E-state index contributed by atoms with van der Waals surface area (Å²) in [5, 5.41) is 11.1. The van der Waals surface area contributed by atoms with Crippen LogP contribution in [-0.4, -0.2) is 96.3 Å². The largest absolute Gasteiger partial charge is 0.463 e. The quantitative estimate of drug-likeness (QED) is 0.239. The molecular formula is C33H37F4N7O3. The van der Waals surface area contributed by atoms with Crippen LogP contribution >= 0.6 is 0 Å². The zero-order valence-corrected chi connectivity index (χ0v) is 26.3. The number of fused-ring (bicyclic) bond motifs is 4. The summed E-state index contributed by atoms with van der Waals surface area (Å²) in [4.78, 5) is 13.7. The number of H-pyrrole nitrogens is 1. The molecule has 10 nitrogen and oxygen atoms in total. The summed E-state index contributed by atoms with van der Waals surface area (Å²) >= 11 is 0. The lowest BCUT2D eigenvalue weighted by molar-refractivity contribution is -0.0498. The number of aryl methyl sites for hydroxylation is 2. The third-order valence-corrected chi connectivity index (χ3v) is 10.1. The standard InChI is InChI=1S/C33H37F4N7O3/c1-17-11-23-24(18(2)41-42-23)26(29(17)47-31(36)37)25-22(34)12-21-28(27(25)35)39-32(40-30(21)44-13-19-3-4-20(14-44)38-19)46-16-33(5-6-33)15-43-7-9-45-10-8-43/h11-12,19-20,31,38H,3-10,13-16H2,1-2H3,(H,41,42). The maximum absolute atomic E-state index is 17.0. The number of nitrogens with zero attached hydrogens (tertiary/aromatic N) is 5. The third kappa shape index (κ3) is 5.63. The zero-order valence-electron chi connectivity index (χ0n) is 26.3. The first-order chi connectivity index (χ1) is 22.7. The number of halogens is 4. The summed E-state index contributed by atoms with van der Waals surface area (Å²) in [6.45, 7) is 5.56. The van der Waals surface area contributed by atoms with Crippen molar-refractivity contribution in [2.45, 2.75) is 58.2 Å². The van der Waals surface area contributed by atoms with Crippen molar-refractivity contribution in [2.24, 2.45) is 5.41 Å². The summed E-state index contributed by atoms with van der Waals surface area (Å²) in [6, 6.07) is 3.25. The molecule has 47 heavy (non-hydrogen) atoms. The van der Waals surface area contributed by atoms with Crippen molar-refractivity contribution in [2.75, 3.05) is 57.4 Å². The molecule has 4 aliphatic rings. The van der Waals surface area contributed by atoms with E-state index < -0.39 is 23.8 Å². The molecule has 2 bridgehead atoms. The fourth-order valence-electron chi connectivity index (χ4n) is 7.58. The number of nitrogens with one attached hydrogen (secondary N) is 2. The average molecular weight is 656 g/mol. The van der Waals surface area contributed by atoms with Gasteiger partial charge in [-0.15, -0.1) is 0 Å². The Morgan fingerprint density at radius 2 is 1.79 bits per heavy atom. The summed E-state index contributed by atoms with van der Waals surface area (Å²) in [6.07, 6.45) is 4.00. The molecule has 4 fully saturated rings. The number of benzene rings is 2. The minimum absolute atomic E-state index is 0.000949. The number of anilines is 1. The molecule has 0 spiro atoms. The Morgan fingerprint density at radius 1 is 1.04 bits per heavy atom. The molecule has 2 unspecified atom stereocenters. The van der Waals surface area contributed by atoms with E-state index in [-0.39, 0.29) is 56.7 Å². The first kappa shape index (κ1) is 30.6. The molecule has 2 N–H and O–H groups in total. The lowest BCUT2D eigenvalue weighted by atomic mass is 9.94. The summed E-state index contributed by atoms with van der Waals surface area (Å²) in [5.41, 5.74) is 0.227. The highest BCUT2D eigenvalue weighted by molar-refractivity contribution is 6.03. The van der Waals surface area contributed by atoms with Gasteiger partial charge in [0.05, 0.1) is 36.6 Å². The van der Waals surface area contributed by atoms with E-state index in [2.05, 4.69) is 25.4 Å². The average Bonchev–Trinajstić information content (AvgIpc) is 3.60. The highest BCUT2D eigenvalue weighted by Gasteiger charge is 2.45. The Labute approximate surface area is 268 Å². The molecule has 2 aromatic carbocycles. The maximum Gasteiger partial charge on any atom is 0.387 e. The van der Waals surface area contributed by atoms with Crippen molar-refractivity contribution in [1.29, 1.82) is 0 Å². The molecule has 0 amide bonds. The van der Waals surface area contributed by atoms with Crippen LogP contribution in [0.4, 0.5) is 23.4 Å². The minimum atomic E-state index is -3.21. The van der Waals surface area contributed by atoms with Gasteiger partial charge in [0, 0.05) is 66.6 Å². The van der Waals surface area contributed by atoms with Crippen LogP contribution < -0.4 is 19.7 Å². The van der Waals surface area contributed by atoms with Crippen molar-refractivity contribution in [1.82, 2.24) is 30.4 Å². The molecule has 4 aromatic rings. The lowest BCUT2D eigenvalue weighted by Gasteiger charge is -2.34. The second-order valence-electron chi connectivity index (χ2n) is 13.5. The fraction of sp³-hybridized carbons (Fsp3) is 0.545. The molecule has 14 heteroatoms. The number of piperazine rings is 1. The van der Waals surface area contributed by atoms with E-state index in [1.807, 2.05) is 4.90 Å². The number of alkyl halides is 2. The monoisotopic (exact) mass is 655 g/mol. The van der Waals surface area contributed by atoms with Crippen LogP contribution in [0.25, 0.3) is 32.9 Å². The van der Waals surface area contributed by atoms with Crippen molar-refractivity contribution in [3.8, 4) is 22.9 Å². The molecular weight excluding hydrogens is 618 g/mol. The van der Waals surface area contributed by atoms with Gasteiger partial charge in [0.15, 0.2) is 5.82 Å². The number of hydrogen-bond donors (Lipinski definition) is 2. The second kappa shape index (κ2) is 11.7. The van der Waals surface area contributed by atoms with Gasteiger partial charge in [-0.2, -0.15) is 23.8 Å². The number of rotatable bonds is 9. The van der Waals surface area contributed by atoms with Gasteiger partial charge in [-0.1, -0.05) is 0 Å². The lowest BCUT2D eigenvalue weighted by Crippen LogP contribution is -2.51. The smallest absolute Gasteiger partial charge is 0.387 e. The van der Waals surface area contributed by atoms with E-state index >= 15 is 8.78 Å². The van der Waals surface area contributed by atoms with Crippen LogP contribution in [0, 0.1) is 30.9 Å². The van der Waals surface area contributed by atoms with Gasteiger partial charge in [0.1, 0.15) is 22.9 Å². The molecule has 3 aliphatic heterocycles. The van der Waals surface area contributed by atoms with Crippen molar-refractivity contribution in [3.63, 3.8) is 0 Å². The minimum Gasteiger partial charge on any atom is -0.463 e. The van der Waals surface area contributed by atoms with Gasteiger partial charge < -0.3 is 24.4 Å². The van der Waals surface area contributed by atoms with Gasteiger partial charge in [-0.3, -0.25) is 10.00 Å². The fourth-order valence-corrected chi connectivity index (χ4v) is 7.58. The number of aromatic amines is 1. The summed E-state index contributed by atoms with van der Waals surface area (Å²) in [7, 11) is 0. The highest BCUT2D eigenvalue weighted by Crippen LogP contribution is 2.48. The molecule has 250 valence electrons. The van der Waals surface area contributed by atoms with Crippen molar-refractivity contribution < 1.29 is 31.8 Å². The molecule has 2 aromatic heterocycles. The SMILES string of the molecule is Cc1cc2[nH]nc(C)c2c(-c2c(F)cc3c(N4CC5CCC(C4)N5)nc(OCC4(CN5CCOCC5)CC4)nc3c2F)c1OC(F)F. The predicted molar refractivity (Wildman–Crippen MR) is 167 cm³/mol. The van der Waals surface area contributed by atoms with Crippen LogP contribution in [0.1, 0.15) is 36.9 Å². The van der Waals surface area contributed by atoms with E-state index in [0.717, 1.165) is 45.3 Å². The number of morpholine rings is 1. The van der Waals surface area contributed by atoms with Crippen molar-refractivity contribution in [3.05, 3.63) is 35.0 Å². The number of aromatic nitrogens is 4. The Hall–Kier alpha value is -3.75. The van der Waals surface area contributed by atoms with Crippen LogP contribution in [0.2, 0.25) is 0 Å². The number of hydrogen-bond acceptors (Lipinski definition) is 9. The van der Waals surface area contributed by atoms with E-state index in [0.29, 0.717) is 49.9 Å². The van der Waals surface area contributed by atoms with Crippen LogP contribution in [0.5, 0.6) is 11.8 Å². The first-order valence-electron chi connectivity index (χ1n) is 16.3. The summed E-state index contributed by atoms with van der Waals surface area (Å²) in [5.74, 6) is -1.88. The highest BCUT2D eigenvalue weighted by atomic mass is 19.3. The zero-order chi connectivity index (χ0) is 32.4. The Morgan fingerprint density at radius 3 is 2.49 bits per heavy atom. The van der Waals surface area contributed by atoms with Gasteiger partial charge in [0.25, 0.3) is 0 Å². The Kier molecular flexibility index (Phi) is 7.64. The van der Waals surface area contributed by atoms with E-state index in [4.69, 9.17) is 19.2 Å². The molecule has 3 saturated heterocycles. The normalized spacial score (nSPS) is 22.5. The molecule has 1 saturated carbocycles. The van der Waals surface area contributed by atoms with Crippen LogP contribution in [0.3, 0.4) is 0 Å². The van der Waals surface area contributed by atoms with Gasteiger partial charge >= 0.3 is 12.6 Å². The Bertz CT molecular complexity index is 1830. The Balaban J connectivity index is 1.25. The van der Waals surface area contributed by atoms with Gasteiger partial charge in [-0.05, 0) is 57.2 Å². The molecule has 8 rings (SSSR count). The molecule has 2 atom stereocenters. The molecule has 1 aliphatic carbocycles. The molecule has 0 radical (unpaired) electrons. The number of ether oxygens (including phenoxy) is 3. The van der Waals surface area contributed by atoms with E-state index in [1.54, 1.807) is 19.9 Å². The molecule has 5 heterocycles. The first-order valence-corrected chi connectivity index (χ1v) is 16.3. The van der Waals surface area contributed by atoms with Gasteiger partial charge in [0.2, 0.25) is 0 Å². The van der Waals surface area contributed by atoms with Crippen LogP contribution in [-0.2, 0) is 4.74 Å². The maximum atomic E-state index is 17.0. The predicted octanol–water partition coefficient (Wildman–Crippen LogP) is 5.10. The van der Waals surface area contributed by atoms with E-state index in [1.165, 1.54) is 6.07 Å².